The van der Waals surface area contributed by atoms with E-state index in [-0.39, 0.29) is 0 Å². The number of rotatable bonds is 4. The van der Waals surface area contributed by atoms with Crippen LogP contribution in [0.2, 0.25) is 0 Å². The minimum absolute atomic E-state index is 0.313. The zero-order valence-corrected chi connectivity index (χ0v) is 7.79. The number of aromatic nitrogens is 2. The molecule has 0 bridgehead atoms. The van der Waals surface area contributed by atoms with Crippen molar-refractivity contribution in [2.45, 2.75) is 11.0 Å². The second-order valence-electron chi connectivity index (χ2n) is 2.55. The predicted octanol–water partition coefficient (Wildman–Crippen LogP) is -0.168. The van der Waals surface area contributed by atoms with Crippen LogP contribution < -0.4 is 5.73 Å². The highest BCUT2D eigenvalue weighted by Crippen LogP contribution is 2.16. The summed E-state index contributed by atoms with van der Waals surface area (Å²) in [4.78, 5) is 1.06. The van der Waals surface area contributed by atoms with Crippen LogP contribution in [0, 0.1) is 0 Å². The third-order valence-electron chi connectivity index (χ3n) is 1.40. The van der Waals surface area contributed by atoms with Crippen molar-refractivity contribution < 1.29 is 5.11 Å². The molecule has 4 nitrogen and oxygen atoms in total. The molecular formula is C7H13N3OS. The van der Waals surface area contributed by atoms with E-state index >= 15 is 0 Å². The van der Waals surface area contributed by atoms with Gasteiger partial charge in [0, 0.05) is 30.4 Å². The molecule has 1 atom stereocenters. The fourth-order valence-corrected chi connectivity index (χ4v) is 1.60. The fourth-order valence-electron chi connectivity index (χ4n) is 0.734. The van der Waals surface area contributed by atoms with E-state index in [0.29, 0.717) is 12.3 Å². The first-order chi connectivity index (χ1) is 5.72. The summed E-state index contributed by atoms with van der Waals surface area (Å²) in [6, 6.07) is 0. The van der Waals surface area contributed by atoms with Crippen molar-refractivity contribution in [3.63, 3.8) is 0 Å². The third-order valence-corrected chi connectivity index (χ3v) is 2.49. The van der Waals surface area contributed by atoms with Gasteiger partial charge >= 0.3 is 0 Å². The van der Waals surface area contributed by atoms with E-state index in [0.717, 1.165) is 4.90 Å². The Bertz CT molecular complexity index is 238. The summed E-state index contributed by atoms with van der Waals surface area (Å²) in [5.41, 5.74) is 5.26. The topological polar surface area (TPSA) is 64.1 Å². The van der Waals surface area contributed by atoms with E-state index < -0.39 is 6.10 Å². The Morgan fingerprint density at radius 1 is 1.83 bits per heavy atom. The van der Waals surface area contributed by atoms with E-state index in [1.165, 1.54) is 0 Å². The Labute approximate surface area is 75.8 Å². The van der Waals surface area contributed by atoms with E-state index in [1.807, 2.05) is 13.2 Å². The molecule has 0 saturated carbocycles. The Kier molecular flexibility index (Phi) is 3.58. The molecule has 3 N–H and O–H groups in total. The number of nitrogens with two attached hydrogens (primary N) is 1. The van der Waals surface area contributed by atoms with Crippen LogP contribution in [0.4, 0.5) is 0 Å². The van der Waals surface area contributed by atoms with Crippen LogP contribution >= 0.6 is 11.8 Å². The van der Waals surface area contributed by atoms with Crippen LogP contribution in [-0.2, 0) is 7.05 Å². The van der Waals surface area contributed by atoms with Gasteiger partial charge < -0.3 is 10.8 Å². The predicted molar refractivity (Wildman–Crippen MR) is 49.0 cm³/mol. The molecule has 5 heteroatoms. The van der Waals surface area contributed by atoms with Crippen molar-refractivity contribution in [1.82, 2.24) is 9.78 Å². The summed E-state index contributed by atoms with van der Waals surface area (Å²) in [5, 5.41) is 13.2. The van der Waals surface area contributed by atoms with Gasteiger partial charge in [0.05, 0.1) is 12.3 Å². The third kappa shape index (κ3) is 2.84. The van der Waals surface area contributed by atoms with Gasteiger partial charge in [-0.15, -0.1) is 11.8 Å². The average Bonchev–Trinajstić information content (AvgIpc) is 2.47. The molecule has 1 heterocycles. The molecule has 1 rings (SSSR count). The first kappa shape index (κ1) is 9.57. The Hall–Kier alpha value is -0.520. The summed E-state index contributed by atoms with van der Waals surface area (Å²) in [6.07, 6.45) is 3.26. The molecule has 0 saturated heterocycles. The molecule has 1 unspecified atom stereocenters. The van der Waals surface area contributed by atoms with Gasteiger partial charge in [-0.05, 0) is 0 Å². The first-order valence-corrected chi connectivity index (χ1v) is 4.70. The lowest BCUT2D eigenvalue weighted by molar-refractivity contribution is 0.208. The molecule has 1 aromatic rings. The Balaban J connectivity index is 2.33. The number of aliphatic hydroxyl groups excluding tert-OH is 1. The van der Waals surface area contributed by atoms with Crippen LogP contribution in [0.15, 0.2) is 17.3 Å². The molecule has 0 aromatic carbocycles. The van der Waals surface area contributed by atoms with Crippen molar-refractivity contribution in [1.29, 1.82) is 0 Å². The van der Waals surface area contributed by atoms with Crippen LogP contribution in [0.3, 0.4) is 0 Å². The van der Waals surface area contributed by atoms with Crippen molar-refractivity contribution in [2.24, 2.45) is 12.8 Å². The number of hydrogen-bond acceptors (Lipinski definition) is 4. The Morgan fingerprint density at radius 2 is 2.58 bits per heavy atom. The highest BCUT2D eigenvalue weighted by atomic mass is 32.2. The van der Waals surface area contributed by atoms with Gasteiger partial charge in [0.25, 0.3) is 0 Å². The minimum atomic E-state index is -0.421. The minimum Gasteiger partial charge on any atom is -0.391 e. The lowest BCUT2D eigenvalue weighted by atomic mass is 10.4. The summed E-state index contributed by atoms with van der Waals surface area (Å²) in [6.45, 7) is 0.313. The fraction of sp³-hybridized carbons (Fsp3) is 0.571. The Morgan fingerprint density at radius 3 is 3.08 bits per heavy atom. The van der Waals surface area contributed by atoms with E-state index in [1.54, 1.807) is 22.6 Å². The zero-order chi connectivity index (χ0) is 8.97. The monoisotopic (exact) mass is 187 g/mol. The van der Waals surface area contributed by atoms with Gasteiger partial charge in [-0.2, -0.15) is 5.10 Å². The molecule has 0 amide bonds. The van der Waals surface area contributed by atoms with Crippen molar-refractivity contribution in [3.8, 4) is 0 Å². The number of thioether (sulfide) groups is 1. The van der Waals surface area contributed by atoms with Gasteiger partial charge in [0.15, 0.2) is 0 Å². The lowest BCUT2D eigenvalue weighted by Crippen LogP contribution is -2.21. The standard InChI is InChI=1S/C7H13N3OS/c1-10-4-7(3-9-10)12-5-6(11)2-8/h3-4,6,11H,2,5,8H2,1H3. The smallest absolute Gasteiger partial charge is 0.0756 e. The number of aliphatic hydroxyl groups is 1. The van der Waals surface area contributed by atoms with Crippen LogP contribution in [0.25, 0.3) is 0 Å². The second kappa shape index (κ2) is 4.49. The zero-order valence-electron chi connectivity index (χ0n) is 6.97. The lowest BCUT2D eigenvalue weighted by Gasteiger charge is -2.04. The highest BCUT2D eigenvalue weighted by molar-refractivity contribution is 7.99. The van der Waals surface area contributed by atoms with E-state index in [2.05, 4.69) is 5.10 Å². The van der Waals surface area contributed by atoms with E-state index in [9.17, 15) is 0 Å². The normalized spacial score (nSPS) is 13.2. The summed E-state index contributed by atoms with van der Waals surface area (Å²) >= 11 is 1.56. The highest BCUT2D eigenvalue weighted by Gasteiger charge is 2.02. The molecule has 0 radical (unpaired) electrons. The average molecular weight is 187 g/mol. The number of nitrogens with zero attached hydrogens (tertiary/aromatic N) is 2. The maximum atomic E-state index is 9.15. The van der Waals surface area contributed by atoms with Gasteiger partial charge in [-0.3, -0.25) is 4.68 Å². The summed E-state index contributed by atoms with van der Waals surface area (Å²) < 4.78 is 1.73. The molecule has 68 valence electrons. The van der Waals surface area contributed by atoms with Crippen LogP contribution in [0.1, 0.15) is 0 Å². The van der Waals surface area contributed by atoms with E-state index in [4.69, 9.17) is 10.8 Å². The largest absolute Gasteiger partial charge is 0.391 e. The number of aryl methyl sites for hydroxylation is 1. The maximum Gasteiger partial charge on any atom is 0.0756 e. The number of hydrogen-bond donors (Lipinski definition) is 2. The van der Waals surface area contributed by atoms with Gasteiger partial charge in [-0.25, -0.2) is 0 Å². The van der Waals surface area contributed by atoms with Crippen molar-refractivity contribution >= 4 is 11.8 Å². The quantitative estimate of drug-likeness (QED) is 0.642. The molecule has 12 heavy (non-hydrogen) atoms. The molecule has 1 aromatic heterocycles. The summed E-state index contributed by atoms with van der Waals surface area (Å²) in [5.74, 6) is 0.627. The molecule has 0 spiro atoms. The molecule has 0 fully saturated rings. The van der Waals surface area contributed by atoms with Crippen LogP contribution in [-0.4, -0.2) is 33.3 Å². The van der Waals surface area contributed by atoms with Crippen molar-refractivity contribution in [3.05, 3.63) is 12.4 Å². The maximum absolute atomic E-state index is 9.15. The van der Waals surface area contributed by atoms with Gasteiger partial charge in [-0.1, -0.05) is 0 Å². The van der Waals surface area contributed by atoms with Crippen molar-refractivity contribution in [2.75, 3.05) is 12.3 Å². The first-order valence-electron chi connectivity index (χ1n) is 3.72. The van der Waals surface area contributed by atoms with Gasteiger partial charge in [0.1, 0.15) is 0 Å². The summed E-state index contributed by atoms with van der Waals surface area (Å²) in [7, 11) is 1.86. The molecular weight excluding hydrogens is 174 g/mol. The molecule has 0 aliphatic carbocycles. The SMILES string of the molecule is Cn1cc(SCC(O)CN)cn1. The second-order valence-corrected chi connectivity index (χ2v) is 3.64. The van der Waals surface area contributed by atoms with Crippen LogP contribution in [0.5, 0.6) is 0 Å². The molecule has 0 aliphatic rings. The molecule has 0 aliphatic heterocycles. The van der Waals surface area contributed by atoms with Gasteiger partial charge in [0.2, 0.25) is 0 Å².